The Hall–Kier alpha value is -1.54. The number of aliphatic hydroxyl groups excluding tert-OH is 2. The standard InChI is InChI=1S/C16H22N2O4S/c1-13(18(8-10-19)9-11-20)12-23(21,22)15-6-2-4-14-5-3-7-17-16(14)15/h2-7,13,19-20H,8-12H2,1H3. The van der Waals surface area contributed by atoms with Crippen molar-refractivity contribution < 1.29 is 18.6 Å². The number of benzene rings is 1. The minimum Gasteiger partial charge on any atom is -0.395 e. The molecule has 2 aromatic rings. The van der Waals surface area contributed by atoms with Gasteiger partial charge in [0, 0.05) is 30.7 Å². The Labute approximate surface area is 136 Å². The molecule has 23 heavy (non-hydrogen) atoms. The largest absolute Gasteiger partial charge is 0.395 e. The third-order valence-corrected chi connectivity index (χ3v) is 5.71. The first-order valence-corrected chi connectivity index (χ1v) is 9.17. The molecule has 2 rings (SSSR count). The van der Waals surface area contributed by atoms with Crippen molar-refractivity contribution in [2.75, 3.05) is 32.1 Å². The third kappa shape index (κ3) is 4.26. The van der Waals surface area contributed by atoms with Gasteiger partial charge in [0.2, 0.25) is 0 Å². The molecule has 0 amide bonds. The molecule has 0 aliphatic rings. The van der Waals surface area contributed by atoms with E-state index in [-0.39, 0.29) is 29.9 Å². The molecule has 1 atom stereocenters. The summed E-state index contributed by atoms with van der Waals surface area (Å²) >= 11 is 0. The minimum atomic E-state index is -3.54. The highest BCUT2D eigenvalue weighted by Gasteiger charge is 2.24. The topological polar surface area (TPSA) is 90.7 Å². The number of rotatable bonds is 8. The lowest BCUT2D eigenvalue weighted by Crippen LogP contribution is -2.41. The predicted molar refractivity (Wildman–Crippen MR) is 89.0 cm³/mol. The monoisotopic (exact) mass is 338 g/mol. The lowest BCUT2D eigenvalue weighted by atomic mass is 10.2. The first kappa shape index (κ1) is 17.8. The van der Waals surface area contributed by atoms with Crippen LogP contribution in [0, 0.1) is 0 Å². The molecule has 2 N–H and O–H groups in total. The van der Waals surface area contributed by atoms with Gasteiger partial charge in [0.25, 0.3) is 0 Å². The van der Waals surface area contributed by atoms with E-state index in [0.717, 1.165) is 5.39 Å². The summed E-state index contributed by atoms with van der Waals surface area (Å²) in [5.74, 6) is -0.0946. The third-order valence-electron chi connectivity index (χ3n) is 3.79. The lowest BCUT2D eigenvalue weighted by molar-refractivity contribution is 0.136. The maximum atomic E-state index is 12.8. The van der Waals surface area contributed by atoms with Crippen molar-refractivity contribution in [1.82, 2.24) is 9.88 Å². The van der Waals surface area contributed by atoms with E-state index in [9.17, 15) is 8.42 Å². The van der Waals surface area contributed by atoms with Crippen molar-refractivity contribution in [3.8, 4) is 0 Å². The number of nitrogens with zero attached hydrogens (tertiary/aromatic N) is 2. The Balaban J connectivity index is 2.30. The zero-order valence-electron chi connectivity index (χ0n) is 13.1. The number of aromatic nitrogens is 1. The second-order valence-corrected chi connectivity index (χ2v) is 7.45. The van der Waals surface area contributed by atoms with E-state index in [1.807, 2.05) is 12.1 Å². The fourth-order valence-corrected chi connectivity index (χ4v) is 4.43. The van der Waals surface area contributed by atoms with Crippen molar-refractivity contribution in [2.24, 2.45) is 0 Å². The van der Waals surface area contributed by atoms with Crippen molar-refractivity contribution in [1.29, 1.82) is 0 Å². The molecule has 1 aromatic heterocycles. The quantitative estimate of drug-likeness (QED) is 0.736. The van der Waals surface area contributed by atoms with Gasteiger partial charge in [-0.1, -0.05) is 18.2 Å². The van der Waals surface area contributed by atoms with Crippen molar-refractivity contribution in [2.45, 2.75) is 17.9 Å². The normalized spacial score (nSPS) is 13.6. The summed E-state index contributed by atoms with van der Waals surface area (Å²) in [6.07, 6.45) is 1.58. The van der Waals surface area contributed by atoms with Crippen LogP contribution in [0.15, 0.2) is 41.4 Å². The van der Waals surface area contributed by atoms with Crippen molar-refractivity contribution >= 4 is 20.7 Å². The second-order valence-electron chi connectivity index (χ2n) is 5.44. The van der Waals surface area contributed by atoms with Gasteiger partial charge in [0.1, 0.15) is 0 Å². The highest BCUT2D eigenvalue weighted by molar-refractivity contribution is 7.91. The van der Waals surface area contributed by atoms with Crippen LogP contribution in [-0.2, 0) is 9.84 Å². The van der Waals surface area contributed by atoms with E-state index in [1.165, 1.54) is 0 Å². The molecule has 7 heteroatoms. The van der Waals surface area contributed by atoms with Crippen LogP contribution in [0.4, 0.5) is 0 Å². The number of sulfone groups is 1. The van der Waals surface area contributed by atoms with Gasteiger partial charge in [-0.15, -0.1) is 0 Å². The number of aliphatic hydroxyl groups is 2. The Morgan fingerprint density at radius 2 is 1.78 bits per heavy atom. The van der Waals surface area contributed by atoms with E-state index in [1.54, 1.807) is 36.2 Å². The van der Waals surface area contributed by atoms with Crippen LogP contribution in [0.3, 0.4) is 0 Å². The number of pyridine rings is 1. The van der Waals surface area contributed by atoms with Gasteiger partial charge in [-0.2, -0.15) is 0 Å². The number of hydrogen-bond donors (Lipinski definition) is 2. The highest BCUT2D eigenvalue weighted by atomic mass is 32.2. The van der Waals surface area contributed by atoms with E-state index in [4.69, 9.17) is 10.2 Å². The first-order chi connectivity index (χ1) is 11.0. The van der Waals surface area contributed by atoms with Crippen LogP contribution in [-0.4, -0.2) is 66.6 Å². The number of fused-ring (bicyclic) bond motifs is 1. The molecular formula is C16H22N2O4S. The highest BCUT2D eigenvalue weighted by Crippen LogP contribution is 2.22. The molecule has 0 aliphatic carbocycles. The second kappa shape index (κ2) is 7.83. The van der Waals surface area contributed by atoms with Crippen LogP contribution in [0.5, 0.6) is 0 Å². The molecule has 1 aromatic carbocycles. The van der Waals surface area contributed by atoms with Gasteiger partial charge in [-0.05, 0) is 19.1 Å². The molecule has 0 aliphatic heterocycles. The predicted octanol–water partition coefficient (Wildman–Crippen LogP) is 0.684. The summed E-state index contributed by atoms with van der Waals surface area (Å²) in [7, 11) is -3.54. The van der Waals surface area contributed by atoms with Crippen LogP contribution >= 0.6 is 0 Å². The molecule has 1 unspecified atom stereocenters. The average molecular weight is 338 g/mol. The molecule has 0 bridgehead atoms. The summed E-state index contributed by atoms with van der Waals surface area (Å²) in [4.78, 5) is 6.18. The van der Waals surface area contributed by atoms with Crippen LogP contribution in [0.25, 0.3) is 10.9 Å². The Kier molecular flexibility index (Phi) is 6.06. The van der Waals surface area contributed by atoms with Crippen molar-refractivity contribution in [3.05, 3.63) is 36.5 Å². The first-order valence-electron chi connectivity index (χ1n) is 7.52. The molecular weight excluding hydrogens is 316 g/mol. The van der Waals surface area contributed by atoms with Gasteiger partial charge in [0.15, 0.2) is 9.84 Å². The minimum absolute atomic E-state index is 0.0831. The van der Waals surface area contributed by atoms with Gasteiger partial charge in [-0.25, -0.2) is 8.42 Å². The Morgan fingerprint density at radius 1 is 1.13 bits per heavy atom. The van der Waals surface area contributed by atoms with E-state index in [2.05, 4.69) is 4.98 Å². The summed E-state index contributed by atoms with van der Waals surface area (Å²) < 4.78 is 25.6. The zero-order chi connectivity index (χ0) is 16.9. The fraction of sp³-hybridized carbons (Fsp3) is 0.438. The van der Waals surface area contributed by atoms with E-state index < -0.39 is 9.84 Å². The number of para-hydroxylation sites is 1. The molecule has 0 radical (unpaired) electrons. The van der Waals surface area contributed by atoms with Crippen LogP contribution in [0.2, 0.25) is 0 Å². The van der Waals surface area contributed by atoms with Crippen molar-refractivity contribution in [3.63, 3.8) is 0 Å². The summed E-state index contributed by atoms with van der Waals surface area (Å²) in [5, 5.41) is 19.0. The summed E-state index contributed by atoms with van der Waals surface area (Å²) in [6.45, 7) is 2.26. The molecule has 0 spiro atoms. The summed E-state index contributed by atoms with van der Waals surface area (Å²) in [5.41, 5.74) is 0.470. The van der Waals surface area contributed by atoms with E-state index >= 15 is 0 Å². The van der Waals surface area contributed by atoms with Gasteiger partial charge < -0.3 is 10.2 Å². The maximum Gasteiger partial charge on any atom is 0.182 e. The average Bonchev–Trinajstić information content (AvgIpc) is 2.53. The zero-order valence-corrected chi connectivity index (χ0v) is 13.9. The molecule has 0 saturated heterocycles. The van der Waals surface area contributed by atoms with Gasteiger partial charge >= 0.3 is 0 Å². The van der Waals surface area contributed by atoms with E-state index in [0.29, 0.717) is 18.6 Å². The molecule has 1 heterocycles. The van der Waals surface area contributed by atoms with Gasteiger partial charge in [-0.3, -0.25) is 9.88 Å². The Bertz CT molecular complexity index is 737. The van der Waals surface area contributed by atoms with Crippen LogP contribution in [0.1, 0.15) is 6.92 Å². The number of hydrogen-bond acceptors (Lipinski definition) is 6. The molecule has 6 nitrogen and oxygen atoms in total. The van der Waals surface area contributed by atoms with Crippen LogP contribution < -0.4 is 0 Å². The molecule has 0 fully saturated rings. The fourth-order valence-electron chi connectivity index (χ4n) is 2.65. The summed E-state index contributed by atoms with van der Waals surface area (Å²) in [6, 6.07) is 8.38. The molecule has 0 saturated carbocycles. The smallest absolute Gasteiger partial charge is 0.182 e. The van der Waals surface area contributed by atoms with Gasteiger partial charge in [0.05, 0.1) is 29.4 Å². The lowest BCUT2D eigenvalue weighted by Gasteiger charge is -2.27. The SMILES string of the molecule is CC(CS(=O)(=O)c1cccc2cccnc12)N(CCO)CCO. The maximum absolute atomic E-state index is 12.8. The Morgan fingerprint density at radius 3 is 2.43 bits per heavy atom. The molecule has 126 valence electrons.